The normalized spacial score (nSPS) is 23.0. The Morgan fingerprint density at radius 2 is 1.57 bits per heavy atom. The molecule has 0 aromatic heterocycles. The largest absolute Gasteiger partial charge is 0.456 e. The molecule has 0 radical (unpaired) electrons. The van der Waals surface area contributed by atoms with Gasteiger partial charge in [0.1, 0.15) is 0 Å². The van der Waals surface area contributed by atoms with Gasteiger partial charge in [0, 0.05) is 6.42 Å². The lowest BCUT2D eigenvalue weighted by molar-refractivity contribution is -0.150. The van der Waals surface area contributed by atoms with Gasteiger partial charge in [-0.25, -0.2) is 0 Å². The quantitative estimate of drug-likeness (QED) is 0.734. The molecule has 2 aliphatic carbocycles. The number of benzene rings is 2. The zero-order chi connectivity index (χ0) is 19.3. The number of ether oxygens (including phenoxy) is 1. The summed E-state index contributed by atoms with van der Waals surface area (Å²) in [5, 5.41) is 3.01. The summed E-state index contributed by atoms with van der Waals surface area (Å²) in [4.78, 5) is 24.7. The first-order chi connectivity index (χ1) is 13.7. The van der Waals surface area contributed by atoms with Gasteiger partial charge in [-0.15, -0.1) is 0 Å². The number of carbonyl (C=O) groups excluding carboxylic acids is 2. The smallest absolute Gasteiger partial charge is 0.306 e. The van der Waals surface area contributed by atoms with Crippen molar-refractivity contribution in [1.29, 1.82) is 0 Å². The summed E-state index contributed by atoms with van der Waals surface area (Å²) in [5.41, 5.74) is 1.99. The molecule has 0 spiro atoms. The van der Waals surface area contributed by atoms with Gasteiger partial charge in [-0.2, -0.15) is 0 Å². The van der Waals surface area contributed by atoms with E-state index in [9.17, 15) is 9.59 Å². The second-order valence-corrected chi connectivity index (χ2v) is 8.12. The fourth-order valence-electron chi connectivity index (χ4n) is 4.90. The summed E-state index contributed by atoms with van der Waals surface area (Å²) in [6, 6.07) is 19.4. The van der Waals surface area contributed by atoms with Crippen molar-refractivity contribution in [3.05, 3.63) is 71.8 Å². The number of amides is 1. The average molecular weight is 377 g/mol. The highest BCUT2D eigenvalue weighted by Gasteiger charge is 2.40. The lowest BCUT2D eigenvalue weighted by Crippen LogP contribution is -2.33. The van der Waals surface area contributed by atoms with E-state index in [1.165, 1.54) is 19.3 Å². The van der Waals surface area contributed by atoms with Crippen LogP contribution in [0.5, 0.6) is 0 Å². The van der Waals surface area contributed by atoms with Crippen molar-refractivity contribution < 1.29 is 14.3 Å². The van der Waals surface area contributed by atoms with Crippen molar-refractivity contribution in [2.75, 3.05) is 6.61 Å². The Bertz CT molecular complexity index is 766. The summed E-state index contributed by atoms with van der Waals surface area (Å²) in [6.45, 7) is -0.226. The average Bonchev–Trinajstić information content (AvgIpc) is 3.35. The van der Waals surface area contributed by atoms with Crippen LogP contribution in [0.15, 0.2) is 60.7 Å². The molecule has 1 N–H and O–H groups in total. The second-order valence-electron chi connectivity index (χ2n) is 8.12. The van der Waals surface area contributed by atoms with E-state index >= 15 is 0 Å². The molecule has 0 saturated heterocycles. The number of carbonyl (C=O) groups is 2. The van der Waals surface area contributed by atoms with Gasteiger partial charge in [0.2, 0.25) is 0 Å². The van der Waals surface area contributed by atoms with Gasteiger partial charge < -0.3 is 10.1 Å². The molecule has 0 unspecified atom stereocenters. The van der Waals surface area contributed by atoms with E-state index in [4.69, 9.17) is 4.74 Å². The van der Waals surface area contributed by atoms with Gasteiger partial charge in [-0.3, -0.25) is 9.59 Å². The van der Waals surface area contributed by atoms with Gasteiger partial charge in [0.05, 0.1) is 6.04 Å². The number of fused-ring (bicyclic) bond motifs is 2. The molecule has 2 fully saturated rings. The molecule has 0 aliphatic heterocycles. The van der Waals surface area contributed by atoms with Gasteiger partial charge in [-0.05, 0) is 48.1 Å². The van der Waals surface area contributed by atoms with Crippen molar-refractivity contribution >= 4 is 11.9 Å². The highest BCUT2D eigenvalue weighted by molar-refractivity contribution is 5.81. The minimum Gasteiger partial charge on any atom is -0.456 e. The molecule has 146 valence electrons. The summed E-state index contributed by atoms with van der Waals surface area (Å²) >= 11 is 0. The Hall–Kier alpha value is -2.62. The summed E-state index contributed by atoms with van der Waals surface area (Å²) in [7, 11) is 0. The van der Waals surface area contributed by atoms with Crippen molar-refractivity contribution in [3.8, 4) is 0 Å². The minimum absolute atomic E-state index is 0.226. The van der Waals surface area contributed by atoms with Gasteiger partial charge in [0.25, 0.3) is 5.91 Å². The monoisotopic (exact) mass is 377 g/mol. The number of hydrogen-bond acceptors (Lipinski definition) is 3. The van der Waals surface area contributed by atoms with E-state index in [0.29, 0.717) is 18.3 Å². The highest BCUT2D eigenvalue weighted by Crippen LogP contribution is 2.49. The van der Waals surface area contributed by atoms with Crippen LogP contribution in [-0.2, 0) is 14.3 Å². The van der Waals surface area contributed by atoms with Crippen LogP contribution in [0.25, 0.3) is 0 Å². The molecule has 4 nitrogen and oxygen atoms in total. The molecule has 2 saturated carbocycles. The lowest BCUT2D eigenvalue weighted by Gasteiger charge is -2.21. The maximum Gasteiger partial charge on any atom is 0.306 e. The molecule has 1 amide bonds. The molecule has 2 aliphatic rings. The SMILES string of the molecule is O=C(COC(=O)C[C@H]1C[C@H]2CC[C@H]1C2)NC(c1ccccc1)c1ccccc1. The number of rotatable bonds is 7. The predicted octanol–water partition coefficient (Wildman–Crippen LogP) is 4.26. The van der Waals surface area contributed by atoms with Crippen LogP contribution < -0.4 is 5.32 Å². The number of hydrogen-bond donors (Lipinski definition) is 1. The molecule has 4 rings (SSSR count). The third-order valence-electron chi connectivity index (χ3n) is 6.25. The van der Waals surface area contributed by atoms with Crippen LogP contribution in [0.4, 0.5) is 0 Å². The van der Waals surface area contributed by atoms with E-state index in [1.807, 2.05) is 60.7 Å². The fourth-order valence-corrected chi connectivity index (χ4v) is 4.90. The lowest BCUT2D eigenvalue weighted by atomic mass is 9.86. The molecule has 2 bridgehead atoms. The number of esters is 1. The van der Waals surface area contributed by atoms with Crippen LogP contribution in [-0.4, -0.2) is 18.5 Å². The first kappa shape index (κ1) is 18.7. The summed E-state index contributed by atoms with van der Waals surface area (Å²) < 4.78 is 5.30. The van der Waals surface area contributed by atoms with E-state index in [2.05, 4.69) is 5.32 Å². The van der Waals surface area contributed by atoms with Gasteiger partial charge in [0.15, 0.2) is 6.61 Å². The van der Waals surface area contributed by atoms with Crippen molar-refractivity contribution in [1.82, 2.24) is 5.32 Å². The molecule has 28 heavy (non-hydrogen) atoms. The Kier molecular flexibility index (Phi) is 5.75. The van der Waals surface area contributed by atoms with Gasteiger partial charge in [-0.1, -0.05) is 67.1 Å². The van der Waals surface area contributed by atoms with E-state index in [0.717, 1.165) is 23.5 Å². The molecule has 2 aromatic carbocycles. The zero-order valence-corrected chi connectivity index (χ0v) is 16.1. The van der Waals surface area contributed by atoms with Crippen molar-refractivity contribution in [2.45, 2.75) is 38.1 Å². The molecular weight excluding hydrogens is 350 g/mol. The topological polar surface area (TPSA) is 55.4 Å². The molecule has 2 aromatic rings. The summed E-state index contributed by atoms with van der Waals surface area (Å²) in [6.07, 6.45) is 5.44. The van der Waals surface area contributed by atoms with Crippen molar-refractivity contribution in [3.63, 3.8) is 0 Å². The van der Waals surface area contributed by atoms with E-state index in [-0.39, 0.29) is 24.5 Å². The van der Waals surface area contributed by atoms with Crippen molar-refractivity contribution in [2.24, 2.45) is 17.8 Å². The van der Waals surface area contributed by atoms with Crippen LogP contribution in [0.1, 0.15) is 49.3 Å². The Morgan fingerprint density at radius 1 is 0.929 bits per heavy atom. The van der Waals surface area contributed by atoms with E-state index < -0.39 is 0 Å². The first-order valence-corrected chi connectivity index (χ1v) is 10.2. The molecular formula is C24H27NO3. The third-order valence-corrected chi connectivity index (χ3v) is 6.25. The highest BCUT2D eigenvalue weighted by atomic mass is 16.5. The minimum atomic E-state index is -0.279. The van der Waals surface area contributed by atoms with Crippen LogP contribution >= 0.6 is 0 Å². The number of nitrogens with one attached hydrogen (secondary N) is 1. The Labute approximate surface area is 166 Å². The van der Waals surface area contributed by atoms with Gasteiger partial charge >= 0.3 is 5.97 Å². The fraction of sp³-hybridized carbons (Fsp3) is 0.417. The third kappa shape index (κ3) is 4.44. The Balaban J connectivity index is 1.32. The second kappa shape index (κ2) is 8.59. The predicted molar refractivity (Wildman–Crippen MR) is 107 cm³/mol. The standard InChI is InChI=1S/C24H27NO3/c26-22(16-28-23(27)15-21-14-17-11-12-20(21)13-17)25-24(18-7-3-1-4-8-18)19-9-5-2-6-10-19/h1-10,17,20-21,24H,11-16H2,(H,25,26)/t17-,20-,21+/m0/s1. The maximum atomic E-state index is 12.5. The Morgan fingerprint density at radius 3 is 2.11 bits per heavy atom. The molecule has 0 heterocycles. The zero-order valence-electron chi connectivity index (χ0n) is 16.1. The van der Waals surface area contributed by atoms with Crippen LogP contribution in [0.3, 0.4) is 0 Å². The maximum absolute atomic E-state index is 12.5. The first-order valence-electron chi connectivity index (χ1n) is 10.2. The molecule has 4 heteroatoms. The van der Waals surface area contributed by atoms with Crippen LogP contribution in [0, 0.1) is 17.8 Å². The summed E-state index contributed by atoms with van der Waals surface area (Å²) in [5.74, 6) is 1.42. The van der Waals surface area contributed by atoms with Crippen LogP contribution in [0.2, 0.25) is 0 Å². The van der Waals surface area contributed by atoms with E-state index in [1.54, 1.807) is 0 Å². The molecule has 3 atom stereocenters.